The van der Waals surface area contributed by atoms with E-state index in [2.05, 4.69) is 10.1 Å². The summed E-state index contributed by atoms with van der Waals surface area (Å²) in [5.74, 6) is -2.03. The van der Waals surface area contributed by atoms with Crippen LogP contribution in [0.4, 0.5) is 8.78 Å². The van der Waals surface area contributed by atoms with Gasteiger partial charge >= 0.3 is 5.97 Å². The summed E-state index contributed by atoms with van der Waals surface area (Å²) in [6.45, 7) is 0. The van der Waals surface area contributed by atoms with Gasteiger partial charge < -0.3 is 5.11 Å². The van der Waals surface area contributed by atoms with Crippen molar-refractivity contribution in [1.82, 2.24) is 14.8 Å². The lowest BCUT2D eigenvalue weighted by Gasteiger charge is -1.99. The van der Waals surface area contributed by atoms with Gasteiger partial charge in [0, 0.05) is 19.5 Å². The van der Waals surface area contributed by atoms with Crippen LogP contribution in [0.5, 0.6) is 0 Å². The third kappa shape index (κ3) is 3.53. The first-order valence-electron chi connectivity index (χ1n) is 5.64. The van der Waals surface area contributed by atoms with Crippen LogP contribution in [-0.4, -0.2) is 31.6 Å². The molecule has 1 N–H and O–H groups in total. The minimum absolute atomic E-state index is 0.119. The van der Waals surface area contributed by atoms with E-state index in [9.17, 15) is 13.6 Å². The minimum Gasteiger partial charge on any atom is -0.481 e. The van der Waals surface area contributed by atoms with Crippen molar-refractivity contribution in [1.29, 1.82) is 0 Å². The largest absolute Gasteiger partial charge is 0.481 e. The molecule has 0 fully saturated rings. The number of aliphatic carboxylic acids is 1. The molecule has 1 aromatic carbocycles. The zero-order chi connectivity index (χ0) is 14.7. The number of halogens is 2. The lowest BCUT2D eigenvalue weighted by molar-refractivity contribution is -0.133. The summed E-state index contributed by atoms with van der Waals surface area (Å²) in [4.78, 5) is 14.6. The molecule has 0 unspecified atom stereocenters. The molecule has 5 nitrogen and oxygen atoms in total. The molecule has 0 atom stereocenters. The van der Waals surface area contributed by atoms with E-state index >= 15 is 0 Å². The van der Waals surface area contributed by atoms with Crippen LogP contribution in [0.1, 0.15) is 11.4 Å². The summed E-state index contributed by atoms with van der Waals surface area (Å²) in [7, 11) is 1.63. The molecule has 0 radical (unpaired) electrons. The van der Waals surface area contributed by atoms with E-state index in [4.69, 9.17) is 5.11 Å². The Kier molecular flexibility index (Phi) is 4.33. The Morgan fingerprint density at radius 1 is 1.45 bits per heavy atom. The minimum atomic E-state index is -0.955. The monoisotopic (exact) mass is 299 g/mol. The Morgan fingerprint density at radius 3 is 2.85 bits per heavy atom. The highest BCUT2D eigenvalue weighted by Gasteiger charge is 2.12. The van der Waals surface area contributed by atoms with Gasteiger partial charge in [-0.05, 0) is 11.6 Å². The fourth-order valence-corrected chi connectivity index (χ4v) is 2.23. The first kappa shape index (κ1) is 14.4. The average Bonchev–Trinajstić information content (AvgIpc) is 2.71. The molecular formula is C12H11F2N3O2S. The van der Waals surface area contributed by atoms with E-state index in [0.717, 1.165) is 17.8 Å². The van der Waals surface area contributed by atoms with Crippen molar-refractivity contribution in [2.24, 2.45) is 7.05 Å². The van der Waals surface area contributed by atoms with Crippen LogP contribution in [0.3, 0.4) is 0 Å². The third-order valence-corrected chi connectivity index (χ3v) is 3.46. The van der Waals surface area contributed by atoms with E-state index in [1.165, 1.54) is 16.8 Å². The van der Waals surface area contributed by atoms with Gasteiger partial charge in [-0.15, -0.1) is 0 Å². The van der Waals surface area contributed by atoms with Gasteiger partial charge in [0.25, 0.3) is 0 Å². The molecule has 0 bridgehead atoms. The van der Waals surface area contributed by atoms with Gasteiger partial charge in [0.05, 0.1) is 5.75 Å². The van der Waals surface area contributed by atoms with Crippen molar-refractivity contribution >= 4 is 17.7 Å². The first-order chi connectivity index (χ1) is 9.45. The second kappa shape index (κ2) is 6.00. The van der Waals surface area contributed by atoms with Crippen LogP contribution in [0.2, 0.25) is 0 Å². The molecule has 20 heavy (non-hydrogen) atoms. The number of thioether (sulfide) groups is 1. The molecule has 0 aliphatic rings. The number of benzene rings is 1. The van der Waals surface area contributed by atoms with Crippen molar-refractivity contribution in [3.63, 3.8) is 0 Å². The number of carboxylic acid groups (broad SMARTS) is 1. The predicted octanol–water partition coefficient (Wildman–Crippen LogP) is 1.86. The standard InChI is InChI=1S/C12H11F2N3O2S/c1-17-12(20-6-11(18)19)15-10(16-17)4-7-2-3-8(13)5-9(7)14/h2-3,5H,4,6H2,1H3,(H,18,19). The van der Waals surface area contributed by atoms with Crippen LogP contribution in [-0.2, 0) is 18.3 Å². The topological polar surface area (TPSA) is 68.0 Å². The van der Waals surface area contributed by atoms with E-state index < -0.39 is 17.6 Å². The Balaban J connectivity index is 2.13. The average molecular weight is 299 g/mol. The molecule has 0 saturated carbocycles. The molecule has 8 heteroatoms. The second-order valence-electron chi connectivity index (χ2n) is 4.03. The molecule has 0 saturated heterocycles. The molecule has 0 aliphatic heterocycles. The maximum absolute atomic E-state index is 13.5. The van der Waals surface area contributed by atoms with Crippen LogP contribution < -0.4 is 0 Å². The molecule has 2 rings (SSSR count). The summed E-state index contributed by atoms with van der Waals surface area (Å²) < 4.78 is 27.7. The number of aromatic nitrogens is 3. The fraction of sp³-hybridized carbons (Fsp3) is 0.250. The lowest BCUT2D eigenvalue weighted by atomic mass is 10.1. The zero-order valence-electron chi connectivity index (χ0n) is 10.5. The van der Waals surface area contributed by atoms with E-state index in [1.54, 1.807) is 7.05 Å². The van der Waals surface area contributed by atoms with Gasteiger partial charge in [-0.25, -0.2) is 18.4 Å². The van der Waals surface area contributed by atoms with E-state index in [1.807, 2.05) is 0 Å². The number of carboxylic acids is 1. The van der Waals surface area contributed by atoms with E-state index in [-0.39, 0.29) is 17.7 Å². The molecule has 1 aromatic heterocycles. The van der Waals surface area contributed by atoms with E-state index in [0.29, 0.717) is 11.0 Å². The van der Waals surface area contributed by atoms with Crippen LogP contribution >= 0.6 is 11.8 Å². The van der Waals surface area contributed by atoms with Crippen molar-refractivity contribution in [2.75, 3.05) is 5.75 Å². The highest BCUT2D eigenvalue weighted by atomic mass is 32.2. The van der Waals surface area contributed by atoms with Crippen molar-refractivity contribution < 1.29 is 18.7 Å². The number of nitrogens with zero attached hydrogens (tertiary/aromatic N) is 3. The molecule has 106 valence electrons. The molecule has 0 aliphatic carbocycles. The molecule has 0 spiro atoms. The maximum Gasteiger partial charge on any atom is 0.313 e. The Bertz CT molecular complexity index is 646. The Hall–Kier alpha value is -1.96. The van der Waals surface area contributed by atoms with Gasteiger partial charge in [-0.1, -0.05) is 17.8 Å². The summed E-state index contributed by atoms with van der Waals surface area (Å²) in [5, 5.41) is 13.1. The zero-order valence-corrected chi connectivity index (χ0v) is 11.3. The van der Waals surface area contributed by atoms with Crippen molar-refractivity contribution in [2.45, 2.75) is 11.6 Å². The second-order valence-corrected chi connectivity index (χ2v) is 4.97. The molecule has 1 heterocycles. The number of rotatable bonds is 5. The number of hydrogen-bond acceptors (Lipinski definition) is 4. The highest BCUT2D eigenvalue weighted by molar-refractivity contribution is 7.99. The normalized spacial score (nSPS) is 10.8. The van der Waals surface area contributed by atoms with Crippen LogP contribution in [0, 0.1) is 11.6 Å². The van der Waals surface area contributed by atoms with Gasteiger partial charge in [0.15, 0.2) is 11.0 Å². The van der Waals surface area contributed by atoms with Crippen LogP contribution in [0.15, 0.2) is 23.4 Å². The third-order valence-electron chi connectivity index (χ3n) is 2.46. The summed E-state index contributed by atoms with van der Waals surface area (Å²) in [6, 6.07) is 3.31. The van der Waals surface area contributed by atoms with Gasteiger partial charge in [0.2, 0.25) is 0 Å². The fourth-order valence-electron chi connectivity index (χ4n) is 1.58. The number of hydrogen-bond donors (Lipinski definition) is 1. The smallest absolute Gasteiger partial charge is 0.313 e. The first-order valence-corrected chi connectivity index (χ1v) is 6.62. The maximum atomic E-state index is 13.5. The van der Waals surface area contributed by atoms with Gasteiger partial charge in [-0.2, -0.15) is 5.10 Å². The molecule has 2 aromatic rings. The molecular weight excluding hydrogens is 288 g/mol. The summed E-state index contributed by atoms with van der Waals surface area (Å²) in [6.07, 6.45) is 0.119. The van der Waals surface area contributed by atoms with Crippen molar-refractivity contribution in [3.8, 4) is 0 Å². The van der Waals surface area contributed by atoms with Gasteiger partial charge in [-0.3, -0.25) is 4.79 Å². The molecule has 0 amide bonds. The highest BCUT2D eigenvalue weighted by Crippen LogP contribution is 2.17. The predicted molar refractivity (Wildman–Crippen MR) is 68.5 cm³/mol. The quantitative estimate of drug-likeness (QED) is 0.854. The number of carbonyl (C=O) groups is 1. The van der Waals surface area contributed by atoms with Gasteiger partial charge in [0.1, 0.15) is 11.6 Å². The van der Waals surface area contributed by atoms with Crippen molar-refractivity contribution in [3.05, 3.63) is 41.2 Å². The lowest BCUT2D eigenvalue weighted by Crippen LogP contribution is -2.00. The Labute approximate surface area is 117 Å². The Morgan fingerprint density at radius 2 is 2.20 bits per heavy atom. The number of aryl methyl sites for hydroxylation is 1. The summed E-state index contributed by atoms with van der Waals surface area (Å²) >= 11 is 1.03. The summed E-state index contributed by atoms with van der Waals surface area (Å²) in [5.41, 5.74) is 0.284. The SMILES string of the molecule is Cn1nc(Cc2ccc(F)cc2F)nc1SCC(=O)O. The van der Waals surface area contributed by atoms with Crippen LogP contribution in [0.25, 0.3) is 0 Å².